The summed E-state index contributed by atoms with van der Waals surface area (Å²) < 4.78 is 5.31. The van der Waals surface area contributed by atoms with Crippen LogP contribution in [0.4, 0.5) is 5.69 Å². The number of anilines is 1. The first-order valence-corrected chi connectivity index (χ1v) is 10.5. The molecule has 0 spiro atoms. The summed E-state index contributed by atoms with van der Waals surface area (Å²) >= 11 is 5.64. The van der Waals surface area contributed by atoms with Gasteiger partial charge in [-0.2, -0.15) is 0 Å². The van der Waals surface area contributed by atoms with E-state index in [0.717, 1.165) is 17.1 Å². The molecule has 2 atom stereocenters. The maximum absolute atomic E-state index is 12.7. The number of rotatable bonds is 7. The second-order valence-electron chi connectivity index (χ2n) is 7.42. The van der Waals surface area contributed by atoms with Crippen molar-refractivity contribution < 1.29 is 9.53 Å². The van der Waals surface area contributed by atoms with E-state index in [1.54, 1.807) is 13.3 Å². The Morgan fingerprint density at radius 2 is 2.00 bits per heavy atom. The molecule has 2 aromatic heterocycles. The number of carbonyl (C=O) groups is 1. The number of aryl methyl sites for hydroxylation is 1. The van der Waals surface area contributed by atoms with Crippen molar-refractivity contribution in [1.29, 1.82) is 0 Å². The average molecular weight is 436 g/mol. The molecule has 1 aliphatic rings. The standard InChI is InChI=1S/C23H25N5O2S/c1-15-10-11-18(25-15)22-21(17-8-5-6-13-24-17)27-23(31)28(22)14-12-20(29)26-16-7-3-4-9-19(16)30-2/h3-11,13,21-22,25H,12,14H2,1-2H3,(H,26,29)(H,27,31). The lowest BCUT2D eigenvalue weighted by atomic mass is 10.0. The fourth-order valence-electron chi connectivity index (χ4n) is 3.87. The van der Waals surface area contributed by atoms with Gasteiger partial charge >= 0.3 is 0 Å². The molecule has 31 heavy (non-hydrogen) atoms. The van der Waals surface area contributed by atoms with Crippen LogP contribution in [0.1, 0.15) is 35.6 Å². The molecule has 0 radical (unpaired) electrons. The molecular weight excluding hydrogens is 410 g/mol. The second-order valence-corrected chi connectivity index (χ2v) is 7.80. The number of methoxy groups -OCH3 is 1. The minimum absolute atomic E-state index is 0.0878. The van der Waals surface area contributed by atoms with Crippen LogP contribution in [0.15, 0.2) is 60.8 Å². The van der Waals surface area contributed by atoms with Crippen LogP contribution in [-0.4, -0.2) is 39.5 Å². The quantitative estimate of drug-likeness (QED) is 0.491. The van der Waals surface area contributed by atoms with Crippen molar-refractivity contribution in [1.82, 2.24) is 20.2 Å². The lowest BCUT2D eigenvalue weighted by molar-refractivity contribution is -0.116. The summed E-state index contributed by atoms with van der Waals surface area (Å²) in [7, 11) is 1.58. The Bertz CT molecular complexity index is 1070. The molecule has 3 aromatic rings. The predicted molar refractivity (Wildman–Crippen MR) is 124 cm³/mol. The van der Waals surface area contributed by atoms with Gasteiger partial charge in [0, 0.05) is 30.6 Å². The van der Waals surface area contributed by atoms with Gasteiger partial charge in [-0.1, -0.05) is 18.2 Å². The molecule has 7 nitrogen and oxygen atoms in total. The number of H-pyrrole nitrogens is 1. The third-order valence-electron chi connectivity index (χ3n) is 5.33. The number of benzene rings is 1. The summed E-state index contributed by atoms with van der Waals surface area (Å²) in [4.78, 5) is 22.7. The van der Waals surface area contributed by atoms with Crippen molar-refractivity contribution in [2.75, 3.05) is 19.0 Å². The van der Waals surface area contributed by atoms with Gasteiger partial charge in [0.25, 0.3) is 0 Å². The minimum Gasteiger partial charge on any atom is -0.495 e. The van der Waals surface area contributed by atoms with E-state index in [-0.39, 0.29) is 24.4 Å². The van der Waals surface area contributed by atoms with Gasteiger partial charge in [-0.3, -0.25) is 9.78 Å². The first-order valence-electron chi connectivity index (χ1n) is 10.1. The van der Waals surface area contributed by atoms with Crippen LogP contribution >= 0.6 is 12.2 Å². The molecule has 8 heteroatoms. The zero-order valence-corrected chi connectivity index (χ0v) is 18.3. The third-order valence-corrected chi connectivity index (χ3v) is 5.68. The number of hydrogen-bond acceptors (Lipinski definition) is 4. The highest BCUT2D eigenvalue weighted by molar-refractivity contribution is 7.80. The van der Waals surface area contributed by atoms with Crippen LogP contribution in [0.2, 0.25) is 0 Å². The number of carbonyl (C=O) groups excluding carboxylic acids is 1. The van der Waals surface area contributed by atoms with Crippen LogP contribution in [0.3, 0.4) is 0 Å². The van der Waals surface area contributed by atoms with E-state index in [4.69, 9.17) is 17.0 Å². The largest absolute Gasteiger partial charge is 0.495 e. The zero-order chi connectivity index (χ0) is 21.8. The lowest BCUT2D eigenvalue weighted by Gasteiger charge is -2.26. The van der Waals surface area contributed by atoms with Crippen LogP contribution in [0.5, 0.6) is 5.75 Å². The number of pyridine rings is 1. The molecule has 1 saturated heterocycles. The van der Waals surface area contributed by atoms with Crippen LogP contribution < -0.4 is 15.4 Å². The summed E-state index contributed by atoms with van der Waals surface area (Å²) in [6, 6.07) is 17.1. The second kappa shape index (κ2) is 9.18. The zero-order valence-electron chi connectivity index (χ0n) is 17.5. The molecule has 1 amide bonds. The van der Waals surface area contributed by atoms with Crippen molar-refractivity contribution >= 4 is 28.9 Å². The predicted octanol–water partition coefficient (Wildman–Crippen LogP) is 3.73. The topological polar surface area (TPSA) is 82.3 Å². The van der Waals surface area contributed by atoms with Gasteiger partial charge in [0.05, 0.1) is 30.6 Å². The molecule has 4 rings (SSSR count). The van der Waals surface area contributed by atoms with Gasteiger partial charge in [0.2, 0.25) is 5.91 Å². The SMILES string of the molecule is COc1ccccc1NC(=O)CCN1C(=S)NC(c2ccccn2)C1c1ccc(C)[nH]1. The highest BCUT2D eigenvalue weighted by atomic mass is 32.1. The average Bonchev–Trinajstić information content (AvgIpc) is 3.35. The van der Waals surface area contributed by atoms with E-state index in [2.05, 4.69) is 31.6 Å². The first kappa shape index (κ1) is 20.9. The number of aromatic nitrogens is 2. The highest BCUT2D eigenvalue weighted by Crippen LogP contribution is 2.38. The van der Waals surface area contributed by atoms with Crippen LogP contribution in [0, 0.1) is 6.92 Å². The Hall–Kier alpha value is -3.39. The molecule has 0 saturated carbocycles. The molecular formula is C23H25N5O2S. The van der Waals surface area contributed by atoms with Gasteiger partial charge in [-0.05, 0) is 55.5 Å². The molecule has 1 aromatic carbocycles. The van der Waals surface area contributed by atoms with E-state index in [1.165, 1.54) is 0 Å². The highest BCUT2D eigenvalue weighted by Gasteiger charge is 2.40. The van der Waals surface area contributed by atoms with Crippen LogP contribution in [-0.2, 0) is 4.79 Å². The van der Waals surface area contributed by atoms with E-state index in [0.29, 0.717) is 23.1 Å². The first-order chi connectivity index (χ1) is 15.1. The summed E-state index contributed by atoms with van der Waals surface area (Å²) in [5, 5.41) is 6.93. The fourth-order valence-corrected chi connectivity index (χ4v) is 4.20. The Labute approximate surface area is 186 Å². The Kier molecular flexibility index (Phi) is 6.18. The van der Waals surface area contributed by atoms with E-state index in [1.807, 2.05) is 55.5 Å². The number of thiocarbonyl (C=S) groups is 1. The Morgan fingerprint density at radius 1 is 1.19 bits per heavy atom. The maximum atomic E-state index is 12.7. The fraction of sp³-hybridized carbons (Fsp3) is 0.261. The van der Waals surface area contributed by atoms with Gasteiger partial charge in [0.15, 0.2) is 5.11 Å². The van der Waals surface area contributed by atoms with Crippen LogP contribution in [0.25, 0.3) is 0 Å². The number of para-hydroxylation sites is 2. The number of hydrogen-bond donors (Lipinski definition) is 3. The van der Waals surface area contributed by atoms with Gasteiger partial charge in [-0.25, -0.2) is 0 Å². The van der Waals surface area contributed by atoms with E-state index >= 15 is 0 Å². The molecule has 3 N–H and O–H groups in total. The number of nitrogens with zero attached hydrogens (tertiary/aromatic N) is 2. The molecule has 0 bridgehead atoms. The maximum Gasteiger partial charge on any atom is 0.226 e. The normalized spacial score (nSPS) is 18.0. The monoisotopic (exact) mass is 435 g/mol. The smallest absolute Gasteiger partial charge is 0.226 e. The molecule has 1 aliphatic heterocycles. The lowest BCUT2D eigenvalue weighted by Crippen LogP contribution is -2.32. The van der Waals surface area contributed by atoms with Gasteiger partial charge in [-0.15, -0.1) is 0 Å². The molecule has 160 valence electrons. The summed E-state index contributed by atoms with van der Waals surface area (Å²) in [5.74, 6) is 0.527. The molecule has 0 aliphatic carbocycles. The number of ether oxygens (including phenoxy) is 1. The Morgan fingerprint density at radius 3 is 2.71 bits per heavy atom. The van der Waals surface area contributed by atoms with E-state index < -0.39 is 0 Å². The number of aromatic amines is 1. The van der Waals surface area contributed by atoms with Crippen molar-refractivity contribution in [3.8, 4) is 5.75 Å². The Balaban J connectivity index is 1.52. The molecule has 1 fully saturated rings. The van der Waals surface area contributed by atoms with Crippen molar-refractivity contribution in [2.45, 2.75) is 25.4 Å². The van der Waals surface area contributed by atoms with Gasteiger partial charge in [0.1, 0.15) is 5.75 Å². The summed E-state index contributed by atoms with van der Waals surface area (Å²) in [6.07, 6.45) is 2.06. The summed E-state index contributed by atoms with van der Waals surface area (Å²) in [6.45, 7) is 2.49. The molecule has 3 heterocycles. The number of nitrogens with one attached hydrogen (secondary N) is 3. The minimum atomic E-state index is -0.107. The molecule has 2 unspecified atom stereocenters. The van der Waals surface area contributed by atoms with Crippen molar-refractivity contribution in [3.63, 3.8) is 0 Å². The third kappa shape index (κ3) is 4.54. The number of amides is 1. The van der Waals surface area contributed by atoms with Crippen molar-refractivity contribution in [3.05, 3.63) is 77.9 Å². The van der Waals surface area contributed by atoms with Crippen molar-refractivity contribution in [2.24, 2.45) is 0 Å². The van der Waals surface area contributed by atoms with Gasteiger partial charge < -0.3 is 25.3 Å². The van der Waals surface area contributed by atoms with E-state index in [9.17, 15) is 4.79 Å². The summed E-state index contributed by atoms with van der Waals surface area (Å²) in [5.41, 5.74) is 3.66.